The van der Waals surface area contributed by atoms with E-state index in [1.165, 1.54) is 24.1 Å². The van der Waals surface area contributed by atoms with Crippen LogP contribution in [0.4, 0.5) is 0 Å². The fourth-order valence-electron chi connectivity index (χ4n) is 2.01. The van der Waals surface area contributed by atoms with Gasteiger partial charge in [-0.25, -0.2) is 0 Å². The molecule has 1 aromatic rings. The summed E-state index contributed by atoms with van der Waals surface area (Å²) in [4.78, 5) is 5.41. The summed E-state index contributed by atoms with van der Waals surface area (Å²) in [6.45, 7) is 3.34. The molecule has 1 saturated carbocycles. The summed E-state index contributed by atoms with van der Waals surface area (Å²) < 4.78 is 0. The van der Waals surface area contributed by atoms with Crippen molar-refractivity contribution in [3.63, 3.8) is 0 Å². The van der Waals surface area contributed by atoms with Gasteiger partial charge >= 0.3 is 0 Å². The van der Waals surface area contributed by atoms with Crippen LogP contribution in [-0.2, 0) is 6.54 Å². The average Bonchev–Trinajstić information content (AvgIpc) is 2.72. The number of hydrogen-bond donors (Lipinski definition) is 1. The molecule has 1 N–H and O–H groups in total. The lowest BCUT2D eigenvalue weighted by atomic mass is 10.1. The first kappa shape index (κ1) is 9.16. The molecule has 3 heteroatoms. The van der Waals surface area contributed by atoms with Crippen molar-refractivity contribution in [2.75, 3.05) is 0 Å². The number of nitrogens with zero attached hydrogens (tertiary/aromatic N) is 1. The first-order valence-electron chi connectivity index (χ1n) is 4.97. The molecule has 1 heterocycles. The Hall–Kier alpha value is -0.410. The van der Waals surface area contributed by atoms with Gasteiger partial charge in [-0.15, -0.1) is 11.3 Å². The Morgan fingerprint density at radius 3 is 3.15 bits per heavy atom. The molecule has 2 unspecified atom stereocenters. The van der Waals surface area contributed by atoms with Crippen molar-refractivity contribution in [3.05, 3.63) is 16.6 Å². The van der Waals surface area contributed by atoms with Gasteiger partial charge in [0.15, 0.2) is 0 Å². The van der Waals surface area contributed by atoms with Crippen LogP contribution in [-0.4, -0.2) is 11.0 Å². The van der Waals surface area contributed by atoms with Crippen molar-refractivity contribution in [1.29, 1.82) is 0 Å². The summed E-state index contributed by atoms with van der Waals surface area (Å²) in [7, 11) is 0. The SMILES string of the molecule is CC1CCCC1NCc1cncs1. The fourth-order valence-corrected chi connectivity index (χ4v) is 2.56. The van der Waals surface area contributed by atoms with Crippen molar-refractivity contribution in [1.82, 2.24) is 10.3 Å². The smallest absolute Gasteiger partial charge is 0.0794 e. The lowest BCUT2D eigenvalue weighted by molar-refractivity contribution is 0.427. The van der Waals surface area contributed by atoms with Crippen molar-refractivity contribution >= 4 is 11.3 Å². The second kappa shape index (κ2) is 4.20. The van der Waals surface area contributed by atoms with Crippen LogP contribution in [0.5, 0.6) is 0 Å². The number of hydrogen-bond acceptors (Lipinski definition) is 3. The topological polar surface area (TPSA) is 24.9 Å². The zero-order chi connectivity index (χ0) is 9.10. The molecule has 13 heavy (non-hydrogen) atoms. The molecule has 2 nitrogen and oxygen atoms in total. The number of thiazole rings is 1. The fraction of sp³-hybridized carbons (Fsp3) is 0.700. The second-order valence-electron chi connectivity index (χ2n) is 3.86. The van der Waals surface area contributed by atoms with E-state index in [0.29, 0.717) is 0 Å². The minimum atomic E-state index is 0.738. The quantitative estimate of drug-likeness (QED) is 0.803. The Morgan fingerprint density at radius 1 is 1.62 bits per heavy atom. The minimum absolute atomic E-state index is 0.738. The Labute approximate surface area is 83.4 Å². The van der Waals surface area contributed by atoms with E-state index in [0.717, 1.165) is 18.5 Å². The summed E-state index contributed by atoms with van der Waals surface area (Å²) in [5.41, 5.74) is 1.90. The van der Waals surface area contributed by atoms with E-state index in [4.69, 9.17) is 0 Å². The molecule has 1 aromatic heterocycles. The van der Waals surface area contributed by atoms with Gasteiger partial charge in [-0.3, -0.25) is 4.98 Å². The maximum atomic E-state index is 4.06. The van der Waals surface area contributed by atoms with Gasteiger partial charge in [0, 0.05) is 23.7 Å². The molecular formula is C10H16N2S. The van der Waals surface area contributed by atoms with Crippen molar-refractivity contribution < 1.29 is 0 Å². The summed E-state index contributed by atoms with van der Waals surface area (Å²) in [5.74, 6) is 0.855. The molecule has 1 aliphatic carbocycles. The van der Waals surface area contributed by atoms with Crippen LogP contribution in [0.25, 0.3) is 0 Å². The van der Waals surface area contributed by atoms with Gasteiger partial charge in [-0.2, -0.15) is 0 Å². The molecule has 0 spiro atoms. The largest absolute Gasteiger partial charge is 0.309 e. The number of nitrogens with one attached hydrogen (secondary N) is 1. The first-order valence-corrected chi connectivity index (χ1v) is 5.85. The van der Waals surface area contributed by atoms with E-state index < -0.39 is 0 Å². The van der Waals surface area contributed by atoms with Crippen molar-refractivity contribution in [2.45, 2.75) is 38.8 Å². The van der Waals surface area contributed by atoms with Gasteiger partial charge in [0.05, 0.1) is 5.51 Å². The van der Waals surface area contributed by atoms with E-state index in [1.807, 2.05) is 11.7 Å². The number of aromatic nitrogens is 1. The van der Waals surface area contributed by atoms with Gasteiger partial charge in [0.1, 0.15) is 0 Å². The third-order valence-corrected chi connectivity index (χ3v) is 3.66. The highest BCUT2D eigenvalue weighted by Crippen LogP contribution is 2.25. The van der Waals surface area contributed by atoms with E-state index in [-0.39, 0.29) is 0 Å². The molecule has 0 bridgehead atoms. The Balaban J connectivity index is 1.79. The van der Waals surface area contributed by atoms with Gasteiger partial charge in [-0.1, -0.05) is 13.3 Å². The molecule has 1 aliphatic rings. The molecule has 72 valence electrons. The standard InChI is InChI=1S/C10H16N2S/c1-8-3-2-4-10(8)12-6-9-5-11-7-13-9/h5,7-8,10,12H,2-4,6H2,1H3. The second-order valence-corrected chi connectivity index (χ2v) is 4.83. The Kier molecular flexibility index (Phi) is 2.96. The predicted octanol–water partition coefficient (Wildman–Crippen LogP) is 2.42. The zero-order valence-electron chi connectivity index (χ0n) is 7.99. The van der Waals surface area contributed by atoms with E-state index in [9.17, 15) is 0 Å². The number of rotatable bonds is 3. The normalized spacial score (nSPS) is 28.1. The van der Waals surface area contributed by atoms with Crippen LogP contribution < -0.4 is 5.32 Å². The molecule has 0 aromatic carbocycles. The highest BCUT2D eigenvalue weighted by molar-refractivity contribution is 7.09. The minimum Gasteiger partial charge on any atom is -0.309 e. The third-order valence-electron chi connectivity index (χ3n) is 2.88. The molecule has 0 saturated heterocycles. The van der Waals surface area contributed by atoms with Gasteiger partial charge in [0.2, 0.25) is 0 Å². The third kappa shape index (κ3) is 2.29. The Morgan fingerprint density at radius 2 is 2.54 bits per heavy atom. The predicted molar refractivity (Wildman–Crippen MR) is 55.8 cm³/mol. The monoisotopic (exact) mass is 196 g/mol. The summed E-state index contributed by atoms with van der Waals surface area (Å²) in [6.07, 6.45) is 6.08. The maximum Gasteiger partial charge on any atom is 0.0794 e. The van der Waals surface area contributed by atoms with Crippen molar-refractivity contribution in [2.24, 2.45) is 5.92 Å². The van der Waals surface area contributed by atoms with E-state index >= 15 is 0 Å². The lowest BCUT2D eigenvalue weighted by Gasteiger charge is -2.16. The zero-order valence-corrected chi connectivity index (χ0v) is 8.81. The molecule has 2 atom stereocenters. The molecule has 0 radical (unpaired) electrons. The van der Waals surface area contributed by atoms with Gasteiger partial charge in [-0.05, 0) is 18.8 Å². The van der Waals surface area contributed by atoms with Crippen molar-refractivity contribution in [3.8, 4) is 0 Å². The summed E-state index contributed by atoms with van der Waals surface area (Å²) in [5, 5.41) is 3.60. The summed E-state index contributed by atoms with van der Waals surface area (Å²) >= 11 is 1.73. The average molecular weight is 196 g/mol. The van der Waals surface area contributed by atoms with E-state index in [2.05, 4.69) is 17.2 Å². The summed E-state index contributed by atoms with van der Waals surface area (Å²) in [6, 6.07) is 0.738. The van der Waals surface area contributed by atoms with Crippen LogP contribution in [0.3, 0.4) is 0 Å². The van der Waals surface area contributed by atoms with Crippen LogP contribution >= 0.6 is 11.3 Å². The van der Waals surface area contributed by atoms with Gasteiger partial charge in [0.25, 0.3) is 0 Å². The maximum absolute atomic E-state index is 4.06. The van der Waals surface area contributed by atoms with Crippen LogP contribution in [0.15, 0.2) is 11.7 Å². The van der Waals surface area contributed by atoms with E-state index in [1.54, 1.807) is 11.3 Å². The Bertz CT molecular complexity index is 245. The lowest BCUT2D eigenvalue weighted by Crippen LogP contribution is -2.30. The first-order chi connectivity index (χ1) is 6.36. The molecule has 1 fully saturated rings. The highest BCUT2D eigenvalue weighted by atomic mass is 32.1. The van der Waals surface area contributed by atoms with Crippen LogP contribution in [0.1, 0.15) is 31.1 Å². The molecule has 2 rings (SSSR count). The molecule has 0 amide bonds. The molecule has 0 aliphatic heterocycles. The van der Waals surface area contributed by atoms with Gasteiger partial charge < -0.3 is 5.32 Å². The van der Waals surface area contributed by atoms with Crippen LogP contribution in [0, 0.1) is 5.92 Å². The van der Waals surface area contributed by atoms with Crippen LogP contribution in [0.2, 0.25) is 0 Å². The molecular weight excluding hydrogens is 180 g/mol. The highest BCUT2D eigenvalue weighted by Gasteiger charge is 2.22.